The third-order valence-corrected chi connectivity index (χ3v) is 12.8. The highest BCUT2D eigenvalue weighted by molar-refractivity contribution is 5.87. The van der Waals surface area contributed by atoms with Crippen LogP contribution in [-0.4, -0.2) is 178 Å². The van der Waals surface area contributed by atoms with Crippen molar-refractivity contribution < 1.29 is 89.5 Å². The van der Waals surface area contributed by atoms with E-state index in [9.17, 15) is 70.6 Å². The first-order chi connectivity index (χ1) is 34.0. The van der Waals surface area contributed by atoms with Gasteiger partial charge in [-0.1, -0.05) is 112 Å². The van der Waals surface area contributed by atoms with E-state index in [1.54, 1.807) is 74.6 Å². The zero-order valence-corrected chi connectivity index (χ0v) is 41.5. The quantitative estimate of drug-likeness (QED) is 0.102. The molecule has 15 atom stereocenters. The number of hydrogen-bond acceptors (Lipinski definition) is 17. The van der Waals surface area contributed by atoms with Crippen LogP contribution in [0.1, 0.15) is 91.4 Å². The second kappa shape index (κ2) is 31.4. The molecule has 3 aliphatic rings. The Balaban J connectivity index is 1.84. The molecule has 0 bridgehead atoms. The number of carboxylic acids is 1. The predicted octanol–water partition coefficient (Wildman–Crippen LogP) is 1.77. The minimum Gasteiger partial charge on any atom is -0.479 e. The van der Waals surface area contributed by atoms with E-state index in [1.807, 2.05) is 31.2 Å². The van der Waals surface area contributed by atoms with Gasteiger partial charge in [0.15, 0.2) is 17.6 Å². The Labute approximate surface area is 422 Å². The molecule has 0 unspecified atom stereocenters. The van der Waals surface area contributed by atoms with Gasteiger partial charge in [-0.05, 0) is 45.4 Å². The van der Waals surface area contributed by atoms with E-state index in [0.717, 1.165) is 0 Å². The van der Waals surface area contributed by atoms with E-state index in [0.29, 0.717) is 0 Å². The van der Waals surface area contributed by atoms with Crippen LogP contribution in [0.2, 0.25) is 0 Å². The van der Waals surface area contributed by atoms with Crippen LogP contribution in [0.25, 0.3) is 0 Å². The lowest BCUT2D eigenvalue weighted by atomic mass is 9.89. The number of carbonyl (C=O) groups is 3. The maximum atomic E-state index is 13.2. The molecule has 0 spiro atoms. The van der Waals surface area contributed by atoms with Gasteiger partial charge in [-0.2, -0.15) is 0 Å². The van der Waals surface area contributed by atoms with E-state index in [4.69, 9.17) is 18.9 Å². The summed E-state index contributed by atoms with van der Waals surface area (Å²) < 4.78 is 22.5. The third kappa shape index (κ3) is 22.4. The van der Waals surface area contributed by atoms with Crippen molar-refractivity contribution in [3.05, 3.63) is 97.7 Å². The van der Waals surface area contributed by atoms with Gasteiger partial charge in [0, 0.05) is 43.6 Å². The summed E-state index contributed by atoms with van der Waals surface area (Å²) >= 11 is 0. The maximum absolute atomic E-state index is 13.2. The first-order valence-corrected chi connectivity index (χ1v) is 24.6. The zero-order valence-electron chi connectivity index (χ0n) is 41.5. The zero-order chi connectivity index (χ0) is 53.4. The maximum Gasteiger partial charge on any atom is 0.334 e. The van der Waals surface area contributed by atoms with Crippen LogP contribution in [0, 0.1) is 11.8 Å². The van der Waals surface area contributed by atoms with Gasteiger partial charge in [-0.3, -0.25) is 4.79 Å². The summed E-state index contributed by atoms with van der Waals surface area (Å²) in [7, 11) is 0. The summed E-state index contributed by atoms with van der Waals surface area (Å²) in [5, 5.41) is 122. The summed E-state index contributed by atoms with van der Waals surface area (Å²) in [5.74, 6) is -5.57. The van der Waals surface area contributed by atoms with Crippen molar-refractivity contribution in [3.8, 4) is 0 Å². The van der Waals surface area contributed by atoms with E-state index < -0.39 is 140 Å². The molecule has 3 heterocycles. The number of hydrogen-bond donors (Lipinski definition) is 13. The molecule has 2 fully saturated rings. The van der Waals surface area contributed by atoms with Gasteiger partial charge in [0.2, 0.25) is 0 Å². The predicted molar refractivity (Wildman–Crippen MR) is 264 cm³/mol. The number of allylic oxidation sites excluding steroid dienone is 12. The molecule has 0 aromatic carbocycles. The van der Waals surface area contributed by atoms with Crippen molar-refractivity contribution in [1.29, 1.82) is 0 Å². The summed E-state index contributed by atoms with van der Waals surface area (Å²) in [4.78, 5) is 38.0. The Morgan fingerprint density at radius 2 is 1.31 bits per heavy atom. The Kier molecular flexibility index (Phi) is 27.0. The first kappa shape index (κ1) is 61.9. The molecule has 20 heteroatoms. The molecule has 13 N–H and O–H groups in total. The fourth-order valence-electron chi connectivity index (χ4n) is 8.19. The second-order valence-corrected chi connectivity index (χ2v) is 19.2. The van der Waals surface area contributed by atoms with Crippen LogP contribution in [-0.2, 0) is 28.5 Å². The number of carbonyl (C=O) groups excluding carboxylic acids is 2. The van der Waals surface area contributed by atoms with Crippen LogP contribution >= 0.6 is 0 Å². The summed E-state index contributed by atoms with van der Waals surface area (Å²) in [5.41, 5.74) is -1.67. The number of urea groups is 1. The van der Waals surface area contributed by atoms with Gasteiger partial charge < -0.3 is 85.8 Å². The van der Waals surface area contributed by atoms with E-state index in [2.05, 4.69) is 17.2 Å². The molecular formula is C52H80N2O18. The number of aliphatic carboxylic acids is 1. The van der Waals surface area contributed by atoms with E-state index in [1.165, 1.54) is 6.08 Å². The van der Waals surface area contributed by atoms with Crippen molar-refractivity contribution in [2.45, 2.75) is 182 Å². The topological polar surface area (TPSA) is 335 Å². The van der Waals surface area contributed by atoms with Gasteiger partial charge in [-0.15, -0.1) is 0 Å². The number of nitrogens with one attached hydrogen (secondary N) is 2. The average Bonchev–Trinajstić information content (AvgIpc) is 3.29. The van der Waals surface area contributed by atoms with Crippen molar-refractivity contribution >= 4 is 18.0 Å². The number of amides is 2. The standard InChI is InChI=1S/C52H80N2O18/c1-5-45-34(3)47(63)33(2)18-16-14-12-10-8-6-7-9-11-13-15-17-19-40(71-48-44(61)29-42(59)35(4)70-48)22-20-36(53-50(66)54-51(49(64)65)31-69-32-51)24-25-52(67,68)30-39(57)27-43(60)41(58)23-21-37(55)26-38(56)28-46(62)72-45/h5-19,33-45,47-48,55-61,63,67-68H,1,20-32H2,2-4H3,(H,64,65)(H2,53,54,66)/b7-6+,10-8+,11-9+,14-12+,15-13+,18-16+,19-17+/t33-,34-,35+,36-,37+,38+,39-,40-,41+,42-,43+,44-,45-,47+,48-/m0/s1. The normalized spacial score (nSPS) is 38.8. The second-order valence-electron chi connectivity index (χ2n) is 19.2. The van der Waals surface area contributed by atoms with E-state index in [-0.39, 0.29) is 64.1 Å². The number of esters is 1. The lowest BCUT2D eigenvalue weighted by Crippen LogP contribution is -2.68. The number of ether oxygens (including phenoxy) is 4. The van der Waals surface area contributed by atoms with Crippen LogP contribution in [0.3, 0.4) is 0 Å². The van der Waals surface area contributed by atoms with Crippen molar-refractivity contribution in [3.63, 3.8) is 0 Å². The average molecular weight is 1020 g/mol. The molecule has 0 aromatic rings. The Morgan fingerprint density at radius 3 is 1.88 bits per heavy atom. The molecule has 0 radical (unpaired) electrons. The van der Waals surface area contributed by atoms with Gasteiger partial charge in [0.1, 0.15) is 12.2 Å². The van der Waals surface area contributed by atoms with Gasteiger partial charge in [0.25, 0.3) is 0 Å². The van der Waals surface area contributed by atoms with E-state index >= 15 is 0 Å². The molecular weight excluding hydrogens is 941 g/mol. The molecule has 20 nitrogen and oxygen atoms in total. The highest BCUT2D eigenvalue weighted by atomic mass is 16.7. The summed E-state index contributed by atoms with van der Waals surface area (Å²) in [6.45, 7) is 8.32. The molecule has 406 valence electrons. The highest BCUT2D eigenvalue weighted by Crippen LogP contribution is 2.27. The summed E-state index contributed by atoms with van der Waals surface area (Å²) in [6.07, 6.45) is 10.1. The van der Waals surface area contributed by atoms with Crippen LogP contribution < -0.4 is 10.6 Å². The molecule has 72 heavy (non-hydrogen) atoms. The molecule has 2 amide bonds. The Hall–Kier alpha value is -4.39. The molecule has 0 aromatic heterocycles. The lowest BCUT2D eigenvalue weighted by Gasteiger charge is -2.38. The van der Waals surface area contributed by atoms with Gasteiger partial charge in [0.05, 0.1) is 74.6 Å². The smallest absolute Gasteiger partial charge is 0.334 e. The van der Waals surface area contributed by atoms with Crippen molar-refractivity contribution in [2.24, 2.45) is 11.8 Å². The molecule has 2 saturated heterocycles. The fraction of sp³-hybridized carbons (Fsp3) is 0.635. The third-order valence-electron chi connectivity index (χ3n) is 12.8. The number of carboxylic acid groups (broad SMARTS) is 1. The van der Waals surface area contributed by atoms with Crippen molar-refractivity contribution in [2.75, 3.05) is 13.2 Å². The van der Waals surface area contributed by atoms with Crippen LogP contribution in [0.15, 0.2) is 97.7 Å². The highest BCUT2D eigenvalue weighted by Gasteiger charge is 2.48. The monoisotopic (exact) mass is 1020 g/mol. The lowest BCUT2D eigenvalue weighted by molar-refractivity contribution is -0.270. The molecule has 0 saturated carbocycles. The Bertz CT molecular complexity index is 1880. The SMILES string of the molecule is C=C[C@@H]1OC(=O)C[C@H](O)C[C@H](O)CC[C@@H](O)[C@H](O)C[C@H](O)CC(O)(O)CC[C@@H](NC(=O)NC2(C(=O)O)COC2)CC[C@@H](O[C@@H]2O[C@H](C)[C@@H](O)C[C@@H]2O)/C=C/C=C/C=C/C=C/C=C/C=C/C=C/[C@H](C)[C@@H](O)[C@H]1C. The number of cyclic esters (lactones) is 1. The largest absolute Gasteiger partial charge is 0.479 e. The molecule has 0 aliphatic carbocycles. The van der Waals surface area contributed by atoms with Crippen LogP contribution in [0.4, 0.5) is 4.79 Å². The van der Waals surface area contributed by atoms with Gasteiger partial charge in [-0.25, -0.2) is 9.59 Å². The van der Waals surface area contributed by atoms with Gasteiger partial charge >= 0.3 is 18.0 Å². The number of aliphatic hydroxyl groups is 10. The molecule has 3 rings (SSSR count). The minimum atomic E-state index is -2.57. The number of rotatable bonds is 6. The molecule has 3 aliphatic heterocycles. The minimum absolute atomic E-state index is 0.00524. The number of aliphatic hydroxyl groups excluding tert-OH is 8. The summed E-state index contributed by atoms with van der Waals surface area (Å²) in [6, 6.07) is -1.74. The fourth-order valence-corrected chi connectivity index (χ4v) is 8.19. The van der Waals surface area contributed by atoms with Crippen molar-refractivity contribution in [1.82, 2.24) is 10.6 Å². The Morgan fingerprint density at radius 1 is 0.708 bits per heavy atom. The van der Waals surface area contributed by atoms with Crippen LogP contribution in [0.5, 0.6) is 0 Å². The first-order valence-electron chi connectivity index (χ1n) is 24.6.